The van der Waals surface area contributed by atoms with Crippen LogP contribution in [0.3, 0.4) is 0 Å². The Balaban J connectivity index is 2.10. The average molecular weight is 429 g/mol. The molecule has 1 aliphatic rings. The zero-order valence-electron chi connectivity index (χ0n) is 17.1. The molecule has 31 heavy (non-hydrogen) atoms. The van der Waals surface area contributed by atoms with Crippen molar-refractivity contribution in [1.29, 1.82) is 0 Å². The molecule has 2 aromatic rings. The summed E-state index contributed by atoms with van der Waals surface area (Å²) in [4.78, 5) is 34.5. The number of rotatable bonds is 6. The van der Waals surface area contributed by atoms with Crippen LogP contribution in [0.1, 0.15) is 31.2 Å². The van der Waals surface area contributed by atoms with Gasteiger partial charge in [-0.25, -0.2) is 0 Å². The van der Waals surface area contributed by atoms with Gasteiger partial charge in [-0.2, -0.15) is 5.01 Å². The molecule has 1 aliphatic heterocycles. The lowest BCUT2D eigenvalue weighted by molar-refractivity contribution is -0.385. The number of benzene rings is 2. The highest BCUT2D eigenvalue weighted by Gasteiger charge is 2.36. The molecule has 1 unspecified atom stereocenters. The highest BCUT2D eigenvalue weighted by atomic mass is 16.6. The van der Waals surface area contributed by atoms with Gasteiger partial charge in [0, 0.05) is 25.5 Å². The van der Waals surface area contributed by atoms with Crippen molar-refractivity contribution in [3.8, 4) is 17.2 Å². The fraction of sp³-hybridized carbons (Fsp3) is 0.250. The summed E-state index contributed by atoms with van der Waals surface area (Å²) in [5, 5.41) is 16.6. The van der Waals surface area contributed by atoms with Crippen LogP contribution in [0.5, 0.6) is 17.2 Å². The van der Waals surface area contributed by atoms with E-state index in [4.69, 9.17) is 18.9 Å². The summed E-state index contributed by atoms with van der Waals surface area (Å²) in [6.07, 6.45) is -0.936. The molecule has 1 heterocycles. The highest BCUT2D eigenvalue weighted by Crippen LogP contribution is 2.40. The van der Waals surface area contributed by atoms with Crippen molar-refractivity contribution in [2.45, 2.75) is 20.1 Å². The molecule has 0 bridgehead atoms. The first kappa shape index (κ1) is 21.6. The summed E-state index contributed by atoms with van der Waals surface area (Å²) < 4.78 is 21.4. The van der Waals surface area contributed by atoms with Gasteiger partial charge >= 0.3 is 5.97 Å². The number of ether oxygens (including phenoxy) is 4. The van der Waals surface area contributed by atoms with Crippen molar-refractivity contribution in [3.63, 3.8) is 0 Å². The van der Waals surface area contributed by atoms with Crippen LogP contribution in [0.25, 0.3) is 0 Å². The van der Waals surface area contributed by atoms with Gasteiger partial charge < -0.3 is 18.9 Å². The molecule has 11 heteroatoms. The van der Waals surface area contributed by atoms with Crippen LogP contribution in [0.15, 0.2) is 41.5 Å². The van der Waals surface area contributed by atoms with E-state index in [2.05, 4.69) is 5.10 Å². The molecule has 0 radical (unpaired) electrons. The van der Waals surface area contributed by atoms with Crippen molar-refractivity contribution in [3.05, 3.63) is 57.6 Å². The van der Waals surface area contributed by atoms with E-state index < -0.39 is 23.0 Å². The number of carbonyl (C=O) groups is 2. The summed E-state index contributed by atoms with van der Waals surface area (Å²) in [6.45, 7) is 2.47. The number of amides is 1. The minimum absolute atomic E-state index is 0.0106. The maximum absolute atomic E-state index is 12.2. The van der Waals surface area contributed by atoms with E-state index in [0.29, 0.717) is 11.3 Å². The Bertz CT molecular complexity index is 1060. The minimum atomic E-state index is -0.936. The van der Waals surface area contributed by atoms with Crippen LogP contribution in [-0.4, -0.2) is 41.9 Å². The average Bonchev–Trinajstić information content (AvgIpc) is 3.19. The first-order valence-corrected chi connectivity index (χ1v) is 8.99. The third kappa shape index (κ3) is 4.39. The van der Waals surface area contributed by atoms with Gasteiger partial charge in [-0.1, -0.05) is 0 Å². The molecule has 0 fully saturated rings. The van der Waals surface area contributed by atoms with E-state index in [-0.39, 0.29) is 28.6 Å². The number of nitro benzene ring substituents is 1. The Morgan fingerprint density at radius 2 is 1.81 bits per heavy atom. The summed E-state index contributed by atoms with van der Waals surface area (Å²) in [6, 6.07) is 9.01. The number of methoxy groups -OCH3 is 2. The number of hydrogen-bond donors (Lipinski definition) is 0. The van der Waals surface area contributed by atoms with Crippen LogP contribution in [0, 0.1) is 10.1 Å². The smallest absolute Gasteiger partial charge is 0.308 e. The number of hydrogen-bond acceptors (Lipinski definition) is 9. The molecule has 2 aromatic carbocycles. The lowest BCUT2D eigenvalue weighted by atomic mass is 10.1. The van der Waals surface area contributed by atoms with Gasteiger partial charge in [0.25, 0.3) is 5.69 Å². The first-order valence-electron chi connectivity index (χ1n) is 8.99. The van der Waals surface area contributed by atoms with Crippen molar-refractivity contribution in [2.75, 3.05) is 14.2 Å². The van der Waals surface area contributed by atoms with Gasteiger partial charge in [0.05, 0.1) is 30.8 Å². The second-order valence-electron chi connectivity index (χ2n) is 6.39. The molecule has 1 amide bonds. The quantitative estimate of drug-likeness (QED) is 0.297. The van der Waals surface area contributed by atoms with Crippen molar-refractivity contribution in [1.82, 2.24) is 5.01 Å². The summed E-state index contributed by atoms with van der Waals surface area (Å²) in [7, 11) is 2.80. The topological polar surface area (TPSA) is 130 Å². The lowest BCUT2D eigenvalue weighted by Crippen LogP contribution is -2.25. The molecule has 162 valence electrons. The molecule has 0 aliphatic carbocycles. The zero-order chi connectivity index (χ0) is 22.7. The van der Waals surface area contributed by atoms with E-state index in [1.165, 1.54) is 28.1 Å². The van der Waals surface area contributed by atoms with Crippen molar-refractivity contribution < 1.29 is 33.5 Å². The maximum atomic E-state index is 12.2. The monoisotopic (exact) mass is 429 g/mol. The molecule has 0 N–H and O–H groups in total. The molecule has 0 saturated heterocycles. The highest BCUT2D eigenvalue weighted by molar-refractivity contribution is 6.01. The van der Waals surface area contributed by atoms with Crippen LogP contribution < -0.4 is 14.2 Å². The summed E-state index contributed by atoms with van der Waals surface area (Å²) in [5.74, 6) is -0.817. The fourth-order valence-corrected chi connectivity index (χ4v) is 2.91. The van der Waals surface area contributed by atoms with Crippen molar-refractivity contribution >= 4 is 23.5 Å². The number of nitro groups is 1. The van der Waals surface area contributed by atoms with E-state index in [9.17, 15) is 19.7 Å². The minimum Gasteiger partial charge on any atom is -0.497 e. The summed E-state index contributed by atoms with van der Waals surface area (Å²) >= 11 is 0. The van der Waals surface area contributed by atoms with E-state index >= 15 is 0 Å². The Labute approximate surface area is 176 Å². The number of non-ortho nitro benzene ring substituents is 1. The van der Waals surface area contributed by atoms with Crippen LogP contribution in [0.2, 0.25) is 0 Å². The Kier molecular flexibility index (Phi) is 6.05. The molecule has 3 rings (SSSR count). The Hall–Kier alpha value is -4.15. The second kappa shape index (κ2) is 8.69. The normalized spacial score (nSPS) is 15.0. The molecule has 0 spiro atoms. The predicted octanol–water partition coefficient (Wildman–Crippen LogP) is 2.78. The molecular formula is C20H19N3O8. The van der Waals surface area contributed by atoms with Crippen LogP contribution in [-0.2, 0) is 14.3 Å². The number of hydrazone groups is 1. The van der Waals surface area contributed by atoms with E-state index in [1.54, 1.807) is 24.3 Å². The zero-order valence-corrected chi connectivity index (χ0v) is 17.1. The number of esters is 1. The largest absolute Gasteiger partial charge is 0.497 e. The maximum Gasteiger partial charge on any atom is 0.308 e. The molecule has 0 saturated carbocycles. The van der Waals surface area contributed by atoms with E-state index in [0.717, 1.165) is 17.1 Å². The van der Waals surface area contributed by atoms with Crippen molar-refractivity contribution in [2.24, 2.45) is 5.10 Å². The molecule has 1 atom stereocenters. The van der Waals surface area contributed by atoms with E-state index in [1.807, 2.05) is 0 Å². The Morgan fingerprint density at radius 1 is 1.13 bits per heavy atom. The SMILES string of the molecule is COc1ccc(C2OC(c3cc([N+](=O)[O-])cc(OC)c3OC(C)=O)=NN2C(C)=O)cc1. The van der Waals surface area contributed by atoms with Crippen LogP contribution in [0.4, 0.5) is 5.69 Å². The number of nitrogens with zero attached hydrogens (tertiary/aromatic N) is 3. The van der Waals surface area contributed by atoms with Gasteiger partial charge in [-0.05, 0) is 24.3 Å². The molecular weight excluding hydrogens is 410 g/mol. The molecule has 11 nitrogen and oxygen atoms in total. The van der Waals surface area contributed by atoms with Gasteiger partial charge in [-0.15, -0.1) is 5.10 Å². The standard InChI is InChI=1S/C20H19N3O8/c1-11(24)22-20(13-5-7-15(28-3)8-6-13)31-19(21-22)16-9-14(23(26)27)10-17(29-4)18(16)30-12(2)25/h5-10,20H,1-4H3. The fourth-order valence-electron chi connectivity index (χ4n) is 2.91. The van der Waals surface area contributed by atoms with Gasteiger partial charge in [0.15, 0.2) is 11.5 Å². The van der Waals surface area contributed by atoms with Gasteiger partial charge in [0.1, 0.15) is 5.75 Å². The predicted molar refractivity (Wildman–Crippen MR) is 107 cm³/mol. The van der Waals surface area contributed by atoms with Crippen LogP contribution >= 0.6 is 0 Å². The molecule has 0 aromatic heterocycles. The first-order chi connectivity index (χ1) is 14.7. The number of carbonyl (C=O) groups excluding carboxylic acids is 2. The third-order valence-electron chi connectivity index (χ3n) is 4.31. The van der Waals surface area contributed by atoms with Gasteiger partial charge in [0.2, 0.25) is 18.0 Å². The lowest BCUT2D eigenvalue weighted by Gasteiger charge is -2.19. The Morgan fingerprint density at radius 3 is 2.32 bits per heavy atom. The summed E-state index contributed by atoms with van der Waals surface area (Å²) in [5.41, 5.74) is 0.237. The van der Waals surface area contributed by atoms with Gasteiger partial charge in [-0.3, -0.25) is 19.7 Å². The second-order valence-corrected chi connectivity index (χ2v) is 6.39. The third-order valence-corrected chi connectivity index (χ3v) is 4.31.